The monoisotopic (exact) mass is 554 g/mol. The predicted molar refractivity (Wildman–Crippen MR) is 146 cm³/mol. The van der Waals surface area contributed by atoms with Gasteiger partial charge >= 0.3 is 5.97 Å². The number of rotatable bonds is 5. The molecule has 5 N–H and O–H groups in total. The van der Waals surface area contributed by atoms with Crippen molar-refractivity contribution in [1.29, 1.82) is 0 Å². The molecule has 5 aliphatic rings. The van der Waals surface area contributed by atoms with E-state index in [1.54, 1.807) is 12.2 Å². The van der Waals surface area contributed by atoms with Gasteiger partial charge in [-0.15, -0.1) is 0 Å². The van der Waals surface area contributed by atoms with Crippen molar-refractivity contribution in [1.82, 2.24) is 14.9 Å². The number of aliphatic hydroxyl groups is 2. The number of nitrogens with one attached hydrogen (secondary N) is 1. The number of esters is 1. The summed E-state index contributed by atoms with van der Waals surface area (Å²) in [5.41, 5.74) is 4.36. The quantitative estimate of drug-likeness (QED) is 0.305. The predicted octanol–water partition coefficient (Wildman–Crippen LogP) is 0.998. The number of aromatic nitrogens is 2. The van der Waals surface area contributed by atoms with E-state index in [2.05, 4.69) is 27.9 Å². The highest BCUT2D eigenvalue weighted by Gasteiger charge is 2.71. The summed E-state index contributed by atoms with van der Waals surface area (Å²) < 4.78 is 17.4. The van der Waals surface area contributed by atoms with Crippen LogP contribution in [0.5, 0.6) is 0 Å². The lowest BCUT2D eigenvalue weighted by atomic mass is 9.44. The van der Waals surface area contributed by atoms with E-state index in [1.165, 1.54) is 12.3 Å². The fourth-order valence-electron chi connectivity index (χ4n) is 7.91. The number of carbonyl (C=O) groups excluding carboxylic acids is 1. The van der Waals surface area contributed by atoms with Gasteiger partial charge in [-0.3, -0.25) is 14.7 Å². The Kier molecular flexibility index (Phi) is 6.78. The number of anilines is 1. The van der Waals surface area contributed by atoms with Gasteiger partial charge < -0.3 is 30.2 Å². The first kappa shape index (κ1) is 27.3. The van der Waals surface area contributed by atoms with Crippen molar-refractivity contribution in [3.63, 3.8) is 0 Å². The lowest BCUT2D eigenvalue weighted by molar-refractivity contribution is -0.186. The van der Waals surface area contributed by atoms with E-state index in [9.17, 15) is 19.8 Å². The van der Waals surface area contributed by atoms with Gasteiger partial charge in [0, 0.05) is 36.7 Å². The molecule has 1 aromatic rings. The molecule has 0 bridgehead atoms. The highest BCUT2D eigenvalue weighted by molar-refractivity contribution is 5.96. The molecule has 1 spiro atoms. The highest BCUT2D eigenvalue weighted by atomic mass is 16.6. The largest absolute Gasteiger partial charge is 0.423 e. The number of nitrogens with zero attached hydrogens (tertiary/aromatic N) is 2. The van der Waals surface area contributed by atoms with Crippen LogP contribution in [0.15, 0.2) is 40.6 Å². The van der Waals surface area contributed by atoms with Crippen LogP contribution < -0.4 is 11.3 Å². The average molecular weight is 555 g/mol. The Morgan fingerprint density at radius 3 is 2.70 bits per heavy atom. The molecule has 3 aliphatic heterocycles. The van der Waals surface area contributed by atoms with E-state index >= 15 is 0 Å². The van der Waals surface area contributed by atoms with Crippen LogP contribution in [0, 0.1) is 22.7 Å². The van der Waals surface area contributed by atoms with Crippen molar-refractivity contribution in [2.45, 2.75) is 50.9 Å². The smallest absolute Gasteiger partial charge is 0.343 e. The van der Waals surface area contributed by atoms with Crippen LogP contribution in [-0.2, 0) is 19.0 Å². The molecule has 40 heavy (non-hydrogen) atoms. The molecule has 2 saturated carbocycles. The molecule has 4 heterocycles. The van der Waals surface area contributed by atoms with E-state index in [0.717, 1.165) is 25.9 Å². The number of aromatic amines is 1. The summed E-state index contributed by atoms with van der Waals surface area (Å²) in [7, 11) is 0. The zero-order chi connectivity index (χ0) is 28.3. The molecule has 0 amide bonds. The van der Waals surface area contributed by atoms with Crippen molar-refractivity contribution >= 4 is 18.0 Å². The third-order valence-corrected chi connectivity index (χ3v) is 10.2. The molecule has 216 valence electrons. The number of aliphatic hydroxyl groups excluding tert-OH is 2. The summed E-state index contributed by atoms with van der Waals surface area (Å²) in [6, 6.07) is 0.102. The molecule has 1 aromatic heterocycles. The standard InChI is InChI=1S/C29H38N4O7/c1-27-6-5-23(35)28(2,15-34)21(27)13-22(33-7-9-38-10-8-33)29(16-39-29)20(27)4-3-17-11-19(40-25(17)37)12-18-14-31-26(30)32-24(18)36/h3-4,11-12,14,20-23,34-35H,5-10,13,15-16H2,1-2H3,(H3,30,31,32,36)/b4-3+,19-12+/t20?,21?,22?,23-,27-,28+,29?/m1/s1. The second-order valence-electron chi connectivity index (χ2n) is 12.3. The summed E-state index contributed by atoms with van der Waals surface area (Å²) in [4.78, 5) is 33.7. The molecule has 2 aliphatic carbocycles. The van der Waals surface area contributed by atoms with Crippen LogP contribution in [0.25, 0.3) is 6.08 Å². The fourth-order valence-corrected chi connectivity index (χ4v) is 7.91. The number of cyclic esters (lactones) is 1. The fraction of sp³-hybridized carbons (Fsp3) is 0.621. The summed E-state index contributed by atoms with van der Waals surface area (Å²) in [5, 5.41) is 21.6. The zero-order valence-electron chi connectivity index (χ0n) is 23.0. The molecule has 4 fully saturated rings. The van der Waals surface area contributed by atoms with E-state index in [-0.39, 0.29) is 47.2 Å². The number of morpholine rings is 1. The summed E-state index contributed by atoms with van der Waals surface area (Å²) >= 11 is 0. The number of hydrogen-bond acceptors (Lipinski definition) is 10. The minimum absolute atomic E-state index is 0.00754. The minimum Gasteiger partial charge on any atom is -0.423 e. The van der Waals surface area contributed by atoms with E-state index in [4.69, 9.17) is 19.9 Å². The third-order valence-electron chi connectivity index (χ3n) is 10.2. The number of ether oxygens (including phenoxy) is 3. The van der Waals surface area contributed by atoms with Gasteiger partial charge in [-0.25, -0.2) is 9.78 Å². The van der Waals surface area contributed by atoms with Crippen LogP contribution in [0.4, 0.5) is 5.95 Å². The van der Waals surface area contributed by atoms with Crippen molar-refractivity contribution in [3.05, 3.63) is 51.7 Å². The molecule has 11 nitrogen and oxygen atoms in total. The van der Waals surface area contributed by atoms with Gasteiger partial charge in [0.25, 0.3) is 5.56 Å². The maximum Gasteiger partial charge on any atom is 0.343 e. The minimum atomic E-state index is -0.651. The van der Waals surface area contributed by atoms with Crippen LogP contribution in [0.3, 0.4) is 0 Å². The Hall–Kier alpha value is -2.83. The number of fused-ring (bicyclic) bond motifs is 1. The Bertz CT molecular complexity index is 1330. The van der Waals surface area contributed by atoms with Crippen LogP contribution in [-0.4, -0.2) is 88.3 Å². The molecular formula is C29H38N4O7. The van der Waals surface area contributed by atoms with Gasteiger partial charge in [-0.2, -0.15) is 0 Å². The molecule has 4 unspecified atom stereocenters. The summed E-state index contributed by atoms with van der Waals surface area (Å²) in [5.74, 6) is -0.277. The van der Waals surface area contributed by atoms with Gasteiger partial charge in [-0.05, 0) is 42.7 Å². The van der Waals surface area contributed by atoms with Gasteiger partial charge in [0.05, 0.1) is 43.7 Å². The molecule has 2 saturated heterocycles. The maximum absolute atomic E-state index is 12.8. The number of nitrogens with two attached hydrogens (primary N) is 1. The van der Waals surface area contributed by atoms with Gasteiger partial charge in [0.1, 0.15) is 11.4 Å². The number of nitrogen functional groups attached to an aromatic ring is 1. The Balaban J connectivity index is 1.36. The Morgan fingerprint density at radius 2 is 2.02 bits per heavy atom. The Labute approximate surface area is 232 Å². The average Bonchev–Trinajstić information content (AvgIpc) is 3.64. The highest BCUT2D eigenvalue weighted by Crippen LogP contribution is 2.66. The third kappa shape index (κ3) is 4.35. The number of epoxide rings is 1. The van der Waals surface area contributed by atoms with Crippen molar-refractivity contribution < 1.29 is 29.2 Å². The van der Waals surface area contributed by atoms with Crippen molar-refractivity contribution in [2.24, 2.45) is 22.7 Å². The normalized spacial score (nSPS) is 40.9. The van der Waals surface area contributed by atoms with E-state index < -0.39 is 28.6 Å². The van der Waals surface area contributed by atoms with Gasteiger partial charge in [-0.1, -0.05) is 26.0 Å². The Morgan fingerprint density at radius 1 is 1.27 bits per heavy atom. The first-order valence-corrected chi connectivity index (χ1v) is 14.0. The molecular weight excluding hydrogens is 516 g/mol. The zero-order valence-corrected chi connectivity index (χ0v) is 23.0. The van der Waals surface area contributed by atoms with Gasteiger partial charge in [0.2, 0.25) is 0 Å². The topological polar surface area (TPSA) is 164 Å². The first-order chi connectivity index (χ1) is 19.1. The van der Waals surface area contributed by atoms with E-state index in [0.29, 0.717) is 31.8 Å². The number of hydrogen-bond donors (Lipinski definition) is 4. The summed E-state index contributed by atoms with van der Waals surface area (Å²) in [6.07, 6.45) is 9.87. The maximum atomic E-state index is 12.8. The molecule has 7 atom stereocenters. The first-order valence-electron chi connectivity index (χ1n) is 14.0. The van der Waals surface area contributed by atoms with Gasteiger partial charge in [0.15, 0.2) is 5.95 Å². The van der Waals surface area contributed by atoms with Crippen molar-refractivity contribution in [2.75, 3.05) is 45.3 Å². The van der Waals surface area contributed by atoms with E-state index in [1.807, 2.05) is 6.92 Å². The molecule has 0 radical (unpaired) electrons. The van der Waals surface area contributed by atoms with Crippen LogP contribution in [0.1, 0.15) is 38.7 Å². The second-order valence-corrected chi connectivity index (χ2v) is 12.3. The van der Waals surface area contributed by atoms with Crippen LogP contribution >= 0.6 is 0 Å². The second kappa shape index (κ2) is 9.92. The molecule has 6 rings (SSSR count). The summed E-state index contributed by atoms with van der Waals surface area (Å²) in [6.45, 7) is 7.70. The number of H-pyrrole nitrogens is 1. The number of carbonyl (C=O) groups is 1. The number of allylic oxidation sites excluding steroid dienone is 1. The SMILES string of the molecule is C[C@]12CC[C@@H](O)[C@@](C)(CO)C1CC(N1CCOCC1)C1(CO1)C2/C=C/C1=CC(=C\c2cnc(N)[nH]c2=O)/OC1=O. The molecule has 11 heteroatoms. The molecule has 0 aromatic carbocycles. The lowest BCUT2D eigenvalue weighted by Gasteiger charge is -2.63. The van der Waals surface area contributed by atoms with Crippen LogP contribution in [0.2, 0.25) is 0 Å². The lowest BCUT2D eigenvalue weighted by Crippen LogP contribution is -2.67. The van der Waals surface area contributed by atoms with Crippen molar-refractivity contribution in [3.8, 4) is 0 Å².